The molecule has 1 aliphatic rings. The summed E-state index contributed by atoms with van der Waals surface area (Å²) in [6, 6.07) is 3.96. The van der Waals surface area contributed by atoms with E-state index < -0.39 is 6.86 Å². The standard InChI is InChI=1S/C17H22FN3O/c1-2-3-13-6-10-21(11-7-13)15-5-9-19-16-14(15)4-8-20-17(16)22-12-18/h4-5,8-9,13H,2-3,6-7,10-12H2,1H3. The number of piperidine rings is 1. The molecule has 1 aliphatic heterocycles. The van der Waals surface area contributed by atoms with Crippen LogP contribution in [0.2, 0.25) is 0 Å². The minimum Gasteiger partial charge on any atom is -0.444 e. The van der Waals surface area contributed by atoms with Gasteiger partial charge in [-0.3, -0.25) is 4.98 Å². The molecule has 0 N–H and O–H groups in total. The number of pyridine rings is 2. The van der Waals surface area contributed by atoms with Crippen molar-refractivity contribution < 1.29 is 9.13 Å². The third-order valence-corrected chi connectivity index (χ3v) is 4.45. The van der Waals surface area contributed by atoms with Crippen molar-refractivity contribution in [2.75, 3.05) is 24.9 Å². The van der Waals surface area contributed by atoms with E-state index >= 15 is 0 Å². The van der Waals surface area contributed by atoms with E-state index in [4.69, 9.17) is 4.74 Å². The van der Waals surface area contributed by atoms with E-state index in [1.165, 1.54) is 25.7 Å². The van der Waals surface area contributed by atoms with Crippen LogP contribution < -0.4 is 9.64 Å². The lowest BCUT2D eigenvalue weighted by Gasteiger charge is -2.34. The third-order valence-electron chi connectivity index (χ3n) is 4.45. The average molecular weight is 303 g/mol. The van der Waals surface area contributed by atoms with Gasteiger partial charge in [-0.2, -0.15) is 0 Å². The van der Waals surface area contributed by atoms with Gasteiger partial charge in [-0.05, 0) is 30.9 Å². The van der Waals surface area contributed by atoms with Gasteiger partial charge in [0.15, 0.2) is 0 Å². The first kappa shape index (κ1) is 15.0. The van der Waals surface area contributed by atoms with Crippen molar-refractivity contribution in [3.8, 4) is 5.88 Å². The van der Waals surface area contributed by atoms with Gasteiger partial charge in [-0.25, -0.2) is 9.37 Å². The first-order chi connectivity index (χ1) is 10.8. The average Bonchev–Trinajstić information content (AvgIpc) is 2.56. The maximum Gasteiger partial charge on any atom is 0.242 e. The fourth-order valence-electron chi connectivity index (χ4n) is 3.34. The highest BCUT2D eigenvalue weighted by molar-refractivity contribution is 5.94. The highest BCUT2D eigenvalue weighted by atomic mass is 19.1. The number of nitrogens with zero attached hydrogens (tertiary/aromatic N) is 3. The van der Waals surface area contributed by atoms with Gasteiger partial charge in [-0.15, -0.1) is 0 Å². The van der Waals surface area contributed by atoms with E-state index in [0.29, 0.717) is 5.52 Å². The Morgan fingerprint density at radius 2 is 2.00 bits per heavy atom. The molecule has 3 rings (SSSR count). The minimum absolute atomic E-state index is 0.266. The lowest BCUT2D eigenvalue weighted by atomic mass is 9.92. The van der Waals surface area contributed by atoms with Gasteiger partial charge in [0, 0.05) is 36.6 Å². The number of rotatable bonds is 5. The van der Waals surface area contributed by atoms with Crippen molar-refractivity contribution in [3.05, 3.63) is 24.5 Å². The van der Waals surface area contributed by atoms with Crippen LogP contribution in [0.15, 0.2) is 24.5 Å². The van der Waals surface area contributed by atoms with E-state index in [1.807, 2.05) is 12.1 Å². The summed E-state index contributed by atoms with van der Waals surface area (Å²) < 4.78 is 17.4. The van der Waals surface area contributed by atoms with Gasteiger partial charge >= 0.3 is 0 Å². The number of ether oxygens (including phenoxy) is 1. The third kappa shape index (κ3) is 2.98. The molecule has 0 unspecified atom stereocenters. The van der Waals surface area contributed by atoms with Gasteiger partial charge in [0.2, 0.25) is 12.7 Å². The Kier molecular flexibility index (Phi) is 4.71. The fourth-order valence-corrected chi connectivity index (χ4v) is 3.34. The van der Waals surface area contributed by atoms with Gasteiger partial charge < -0.3 is 9.64 Å². The highest BCUT2D eigenvalue weighted by Gasteiger charge is 2.20. The zero-order valence-electron chi connectivity index (χ0n) is 13.0. The van der Waals surface area contributed by atoms with Gasteiger partial charge in [0.25, 0.3) is 0 Å². The molecular formula is C17H22FN3O. The molecule has 2 aromatic rings. The molecule has 5 heteroatoms. The lowest BCUT2D eigenvalue weighted by Crippen LogP contribution is -2.33. The predicted octanol–water partition coefficient (Wildman–Crippen LogP) is 3.95. The van der Waals surface area contributed by atoms with E-state index in [0.717, 1.165) is 30.1 Å². The van der Waals surface area contributed by atoms with Crippen LogP contribution in [-0.4, -0.2) is 29.9 Å². The molecule has 0 bridgehead atoms. The van der Waals surface area contributed by atoms with Crippen LogP contribution in [0.25, 0.3) is 10.9 Å². The molecule has 1 saturated heterocycles. The van der Waals surface area contributed by atoms with E-state index in [9.17, 15) is 4.39 Å². The summed E-state index contributed by atoms with van der Waals surface area (Å²) in [5.41, 5.74) is 1.78. The van der Waals surface area contributed by atoms with Crippen molar-refractivity contribution in [1.82, 2.24) is 9.97 Å². The molecule has 0 spiro atoms. The molecular weight excluding hydrogens is 281 g/mol. The molecule has 1 fully saturated rings. The van der Waals surface area contributed by atoms with Crippen LogP contribution in [0, 0.1) is 5.92 Å². The number of anilines is 1. The van der Waals surface area contributed by atoms with Crippen LogP contribution in [0.3, 0.4) is 0 Å². The number of hydrogen-bond acceptors (Lipinski definition) is 4. The topological polar surface area (TPSA) is 38.2 Å². The second-order valence-corrected chi connectivity index (χ2v) is 5.81. The fraction of sp³-hybridized carbons (Fsp3) is 0.529. The SMILES string of the molecule is CCCC1CCN(c2ccnc3c(OCF)nccc23)CC1. The van der Waals surface area contributed by atoms with Crippen LogP contribution in [-0.2, 0) is 0 Å². The summed E-state index contributed by atoms with van der Waals surface area (Å²) in [5, 5.41) is 0.981. The van der Waals surface area contributed by atoms with Crippen molar-refractivity contribution in [1.29, 1.82) is 0 Å². The van der Waals surface area contributed by atoms with Crippen LogP contribution in [0.1, 0.15) is 32.6 Å². The smallest absolute Gasteiger partial charge is 0.242 e. The molecule has 3 heterocycles. The lowest BCUT2D eigenvalue weighted by molar-refractivity contribution is 0.187. The maximum atomic E-state index is 12.5. The molecule has 22 heavy (non-hydrogen) atoms. The second-order valence-electron chi connectivity index (χ2n) is 5.81. The van der Waals surface area contributed by atoms with Crippen molar-refractivity contribution in [2.24, 2.45) is 5.92 Å². The molecule has 4 nitrogen and oxygen atoms in total. The van der Waals surface area contributed by atoms with E-state index in [1.54, 1.807) is 12.4 Å². The van der Waals surface area contributed by atoms with Crippen molar-refractivity contribution in [3.63, 3.8) is 0 Å². The Hall–Kier alpha value is -1.91. The monoisotopic (exact) mass is 303 g/mol. The summed E-state index contributed by atoms with van der Waals surface area (Å²) in [4.78, 5) is 10.8. The second kappa shape index (κ2) is 6.90. The Bertz CT molecular complexity index is 626. The number of halogens is 1. The van der Waals surface area contributed by atoms with Crippen LogP contribution in [0.5, 0.6) is 5.88 Å². The van der Waals surface area contributed by atoms with Gasteiger partial charge in [-0.1, -0.05) is 19.8 Å². The normalized spacial score (nSPS) is 16.2. The van der Waals surface area contributed by atoms with Crippen molar-refractivity contribution >= 4 is 16.6 Å². The number of aromatic nitrogens is 2. The number of hydrogen-bond donors (Lipinski definition) is 0. The molecule has 0 amide bonds. The Morgan fingerprint density at radius 1 is 1.23 bits per heavy atom. The summed E-state index contributed by atoms with van der Waals surface area (Å²) in [7, 11) is 0. The van der Waals surface area contributed by atoms with E-state index in [2.05, 4.69) is 21.8 Å². The largest absolute Gasteiger partial charge is 0.444 e. The molecule has 0 radical (unpaired) electrons. The first-order valence-electron chi connectivity index (χ1n) is 8.01. The summed E-state index contributed by atoms with van der Waals surface area (Å²) in [6.07, 6.45) is 8.46. The summed E-state index contributed by atoms with van der Waals surface area (Å²) in [5.74, 6) is 1.11. The zero-order chi connectivity index (χ0) is 15.4. The molecule has 0 saturated carbocycles. The number of alkyl halides is 1. The summed E-state index contributed by atoms with van der Waals surface area (Å²) >= 11 is 0. The van der Waals surface area contributed by atoms with Crippen LogP contribution >= 0.6 is 0 Å². The molecule has 118 valence electrons. The minimum atomic E-state index is -0.888. The maximum absolute atomic E-state index is 12.5. The van der Waals surface area contributed by atoms with Gasteiger partial charge in [0.1, 0.15) is 5.52 Å². The van der Waals surface area contributed by atoms with Crippen LogP contribution in [0.4, 0.5) is 10.1 Å². The molecule has 0 aliphatic carbocycles. The van der Waals surface area contributed by atoms with Gasteiger partial charge in [0.05, 0.1) is 0 Å². The van der Waals surface area contributed by atoms with E-state index in [-0.39, 0.29) is 5.88 Å². The quantitative estimate of drug-likeness (QED) is 0.838. The van der Waals surface area contributed by atoms with Crippen molar-refractivity contribution in [2.45, 2.75) is 32.6 Å². The Balaban J connectivity index is 1.87. The highest BCUT2D eigenvalue weighted by Crippen LogP contribution is 2.32. The molecule has 2 aromatic heterocycles. The first-order valence-corrected chi connectivity index (χ1v) is 8.01. The molecule has 0 aromatic carbocycles. The molecule has 0 atom stereocenters. The number of fused-ring (bicyclic) bond motifs is 1. The predicted molar refractivity (Wildman–Crippen MR) is 86.0 cm³/mol. The zero-order valence-corrected chi connectivity index (χ0v) is 13.0. The Labute approximate surface area is 130 Å². The Morgan fingerprint density at radius 3 is 2.73 bits per heavy atom. The summed E-state index contributed by atoms with van der Waals surface area (Å²) in [6.45, 7) is 3.49.